The number of benzene rings is 1. The van der Waals surface area contributed by atoms with Crippen molar-refractivity contribution in [1.29, 1.82) is 0 Å². The lowest BCUT2D eigenvalue weighted by atomic mass is 10.1. The molecule has 0 bridgehead atoms. The Balaban J connectivity index is 2.05. The second kappa shape index (κ2) is 9.40. The van der Waals surface area contributed by atoms with Crippen LogP contribution in [0.25, 0.3) is 10.9 Å². The number of carboxylic acid groups (broad SMARTS) is 1. The molecule has 172 valence electrons. The number of aromatic carboxylic acids is 1. The van der Waals surface area contributed by atoms with Gasteiger partial charge >= 0.3 is 5.97 Å². The minimum atomic E-state index is -1.86. The Hall–Kier alpha value is -1.74. The molecule has 0 aliphatic carbocycles. The molecule has 0 saturated carbocycles. The zero-order valence-corrected chi connectivity index (χ0v) is 21.5. The van der Waals surface area contributed by atoms with Crippen LogP contribution in [0.2, 0.25) is 28.2 Å². The van der Waals surface area contributed by atoms with Crippen LogP contribution in [0.1, 0.15) is 36.8 Å². The molecule has 1 aromatic heterocycles. The fourth-order valence-electron chi connectivity index (χ4n) is 3.02. The molecule has 0 spiro atoms. The van der Waals surface area contributed by atoms with E-state index in [1.165, 1.54) is 4.57 Å². The summed E-state index contributed by atoms with van der Waals surface area (Å²) in [7, 11) is -0.236. The van der Waals surface area contributed by atoms with Crippen LogP contribution in [0, 0.1) is 6.92 Å². The van der Waals surface area contributed by atoms with Crippen molar-refractivity contribution in [2.24, 2.45) is 7.05 Å². The molecule has 0 radical (unpaired) electrons. The molecule has 2 N–H and O–H groups in total. The molecule has 7 nitrogen and oxygen atoms in total. The molecule has 1 heterocycles. The van der Waals surface area contributed by atoms with Crippen molar-refractivity contribution in [3.05, 3.63) is 27.4 Å². The summed E-state index contributed by atoms with van der Waals surface area (Å²) < 4.78 is 13.1. The molecule has 10 heteroatoms. The van der Waals surface area contributed by atoms with Crippen LogP contribution in [0.15, 0.2) is 6.07 Å². The first-order valence-corrected chi connectivity index (χ1v) is 13.6. The fourth-order valence-corrected chi connectivity index (χ4v) is 4.60. The average Bonchev–Trinajstić information content (AvgIpc) is 2.89. The number of ether oxygens (including phenoxy) is 1. The Labute approximate surface area is 193 Å². The maximum atomic E-state index is 12.2. The third-order valence-corrected chi connectivity index (χ3v) is 11.2. The van der Waals surface area contributed by atoms with Gasteiger partial charge in [0.25, 0.3) is 5.91 Å². The first kappa shape index (κ1) is 25.5. The highest BCUT2D eigenvalue weighted by Gasteiger charge is 2.36. The third kappa shape index (κ3) is 5.37. The van der Waals surface area contributed by atoms with Gasteiger partial charge in [-0.1, -0.05) is 44.0 Å². The smallest absolute Gasteiger partial charge is 0.352 e. The monoisotopic (exact) mass is 488 g/mol. The largest absolute Gasteiger partial charge is 0.482 e. The summed E-state index contributed by atoms with van der Waals surface area (Å²) in [4.78, 5) is 23.7. The number of carbonyl (C=O) groups is 2. The second-order valence-corrected chi connectivity index (χ2v) is 14.5. The van der Waals surface area contributed by atoms with Crippen LogP contribution in [0.4, 0.5) is 0 Å². The van der Waals surface area contributed by atoms with Gasteiger partial charge in [0.1, 0.15) is 16.5 Å². The van der Waals surface area contributed by atoms with Crippen LogP contribution in [-0.2, 0) is 16.3 Å². The highest BCUT2D eigenvalue weighted by molar-refractivity contribution is 6.74. The number of hydrogen-bond acceptors (Lipinski definition) is 4. The number of aromatic nitrogens is 1. The lowest BCUT2D eigenvalue weighted by Crippen LogP contribution is -2.43. The maximum Gasteiger partial charge on any atom is 0.352 e. The number of carbonyl (C=O) groups excluding carboxylic acids is 1. The number of nitrogens with zero attached hydrogens (tertiary/aromatic N) is 1. The number of rotatable bonds is 8. The van der Waals surface area contributed by atoms with E-state index in [0.29, 0.717) is 29.6 Å². The first-order valence-electron chi connectivity index (χ1n) is 9.92. The Bertz CT molecular complexity index is 1010. The number of hydrogen-bond donors (Lipinski definition) is 2. The van der Waals surface area contributed by atoms with Gasteiger partial charge in [0.05, 0.1) is 17.1 Å². The molecule has 0 atom stereocenters. The highest BCUT2D eigenvalue weighted by Crippen LogP contribution is 2.41. The van der Waals surface area contributed by atoms with Gasteiger partial charge < -0.3 is 24.2 Å². The van der Waals surface area contributed by atoms with Crippen molar-refractivity contribution >= 4 is 54.3 Å². The van der Waals surface area contributed by atoms with Crippen molar-refractivity contribution in [3.63, 3.8) is 0 Å². The van der Waals surface area contributed by atoms with Crippen molar-refractivity contribution in [1.82, 2.24) is 9.88 Å². The van der Waals surface area contributed by atoms with Gasteiger partial charge in [0.15, 0.2) is 14.9 Å². The molecule has 0 aliphatic heterocycles. The summed E-state index contributed by atoms with van der Waals surface area (Å²) in [6.07, 6.45) is 0. The van der Waals surface area contributed by atoms with Gasteiger partial charge in [-0.15, -0.1) is 0 Å². The Morgan fingerprint density at radius 2 is 1.84 bits per heavy atom. The minimum Gasteiger partial charge on any atom is -0.482 e. The Morgan fingerprint density at radius 3 is 2.39 bits per heavy atom. The van der Waals surface area contributed by atoms with Crippen LogP contribution in [0.3, 0.4) is 0 Å². The molecule has 0 saturated heterocycles. The fraction of sp³-hybridized carbons (Fsp3) is 0.524. The van der Waals surface area contributed by atoms with Gasteiger partial charge in [-0.3, -0.25) is 4.79 Å². The second-order valence-electron chi connectivity index (χ2n) is 8.98. The summed E-state index contributed by atoms with van der Waals surface area (Å²) in [6.45, 7) is 13.0. The third-order valence-electron chi connectivity index (χ3n) is 5.83. The zero-order chi connectivity index (χ0) is 23.7. The minimum absolute atomic E-state index is 0.102. The Kier molecular flexibility index (Phi) is 7.74. The van der Waals surface area contributed by atoms with E-state index in [2.05, 4.69) is 39.2 Å². The molecule has 0 unspecified atom stereocenters. The van der Waals surface area contributed by atoms with Gasteiger partial charge in [-0.2, -0.15) is 0 Å². The summed E-state index contributed by atoms with van der Waals surface area (Å²) in [5.74, 6) is -1.17. The van der Waals surface area contributed by atoms with E-state index in [1.54, 1.807) is 20.0 Å². The Morgan fingerprint density at radius 1 is 1.23 bits per heavy atom. The predicted molar refractivity (Wildman–Crippen MR) is 126 cm³/mol. The van der Waals surface area contributed by atoms with Gasteiger partial charge in [-0.05, 0) is 30.6 Å². The van der Waals surface area contributed by atoms with Crippen LogP contribution in [0.5, 0.6) is 5.75 Å². The topological polar surface area (TPSA) is 89.8 Å². The molecule has 31 heavy (non-hydrogen) atoms. The molecule has 2 aromatic rings. The maximum absolute atomic E-state index is 12.2. The summed E-state index contributed by atoms with van der Waals surface area (Å²) in [6, 6.07) is 1.59. The molecular weight excluding hydrogens is 459 g/mol. The first-order chi connectivity index (χ1) is 14.2. The van der Waals surface area contributed by atoms with Gasteiger partial charge in [0.2, 0.25) is 0 Å². The zero-order valence-electron chi connectivity index (χ0n) is 19.0. The van der Waals surface area contributed by atoms with E-state index in [9.17, 15) is 14.7 Å². The lowest BCUT2D eigenvalue weighted by molar-refractivity contribution is -0.123. The summed E-state index contributed by atoms with van der Waals surface area (Å²) in [5.41, 5.74) is 1.19. The molecule has 1 amide bonds. The van der Waals surface area contributed by atoms with Gasteiger partial charge in [-0.25, -0.2) is 4.79 Å². The van der Waals surface area contributed by atoms with E-state index in [1.807, 2.05) is 0 Å². The van der Waals surface area contributed by atoms with E-state index in [0.717, 1.165) is 0 Å². The average molecular weight is 489 g/mol. The highest BCUT2D eigenvalue weighted by atomic mass is 35.5. The van der Waals surface area contributed by atoms with E-state index in [-0.39, 0.29) is 39.0 Å². The van der Waals surface area contributed by atoms with E-state index in [4.69, 9.17) is 32.4 Å². The standard InChI is InChI=1S/C21H30Cl2N2O5Si/c1-12-16-13(25(5)19(12)20(27)28)10-14(17(22)18(16)23)29-11-15(26)24-8-9-30-31(6,7)21(2,3)4/h10H,8-9,11H2,1-7H3,(H,24,26)(H,27,28). The normalized spacial score (nSPS) is 12.3. The van der Waals surface area contributed by atoms with E-state index < -0.39 is 14.3 Å². The summed E-state index contributed by atoms with van der Waals surface area (Å²) in [5, 5.41) is 13.2. The van der Waals surface area contributed by atoms with Crippen molar-refractivity contribution < 1.29 is 23.9 Å². The van der Waals surface area contributed by atoms with Crippen LogP contribution >= 0.6 is 23.2 Å². The molecular formula is C21H30Cl2N2O5Si. The molecule has 0 fully saturated rings. The number of carboxylic acids is 1. The number of aryl methyl sites for hydroxylation is 2. The SMILES string of the molecule is Cc1c(C(=O)O)n(C)c2cc(OCC(=O)NCCO[Si](C)(C)C(C)(C)C)c(Cl)c(Cl)c12. The molecule has 0 aliphatic rings. The molecule has 2 rings (SSSR count). The summed E-state index contributed by atoms with van der Waals surface area (Å²) >= 11 is 12.7. The van der Waals surface area contributed by atoms with E-state index >= 15 is 0 Å². The number of amides is 1. The predicted octanol–water partition coefficient (Wildman–Crippen LogP) is 5.01. The lowest BCUT2D eigenvalue weighted by Gasteiger charge is -2.36. The van der Waals surface area contributed by atoms with Crippen molar-refractivity contribution in [3.8, 4) is 5.75 Å². The van der Waals surface area contributed by atoms with Crippen LogP contribution in [-0.4, -0.2) is 49.6 Å². The number of fused-ring (bicyclic) bond motifs is 1. The quantitative estimate of drug-likeness (QED) is 0.402. The number of halogens is 2. The van der Waals surface area contributed by atoms with Crippen molar-refractivity contribution in [2.45, 2.75) is 45.8 Å². The number of nitrogens with one attached hydrogen (secondary N) is 1. The van der Waals surface area contributed by atoms with Crippen molar-refractivity contribution in [2.75, 3.05) is 19.8 Å². The van der Waals surface area contributed by atoms with Crippen LogP contribution < -0.4 is 10.1 Å². The molecule has 1 aromatic carbocycles. The van der Waals surface area contributed by atoms with Gasteiger partial charge in [0, 0.05) is 25.0 Å².